The van der Waals surface area contributed by atoms with Crippen molar-refractivity contribution < 1.29 is 9.32 Å². The number of carbonyl (C=O) groups excluding carboxylic acids is 1. The molecule has 0 aromatic carbocycles. The molecule has 6 nitrogen and oxygen atoms in total. The largest absolute Gasteiger partial charge is 0.361 e. The third kappa shape index (κ3) is 2.66. The molecule has 6 heteroatoms. The van der Waals surface area contributed by atoms with E-state index >= 15 is 0 Å². The van der Waals surface area contributed by atoms with Gasteiger partial charge in [-0.25, -0.2) is 0 Å². The van der Waals surface area contributed by atoms with Gasteiger partial charge in [-0.05, 0) is 26.7 Å². The molecule has 1 aliphatic rings. The fourth-order valence-electron chi connectivity index (χ4n) is 2.86. The minimum absolute atomic E-state index is 0.0340. The Kier molecular flexibility index (Phi) is 3.68. The molecular weight excluding hydrogens is 268 g/mol. The molecular formula is C15H18N4O2. The van der Waals surface area contributed by atoms with Crippen LogP contribution >= 0.6 is 0 Å². The van der Waals surface area contributed by atoms with Crippen LogP contribution in [0.4, 0.5) is 0 Å². The van der Waals surface area contributed by atoms with Gasteiger partial charge in [-0.2, -0.15) is 0 Å². The minimum Gasteiger partial charge on any atom is -0.361 e. The van der Waals surface area contributed by atoms with E-state index < -0.39 is 0 Å². The van der Waals surface area contributed by atoms with Crippen LogP contribution in [0.5, 0.6) is 0 Å². The number of hydrogen-bond acceptors (Lipinski definition) is 5. The molecule has 1 saturated heterocycles. The SMILES string of the molecule is Cc1noc(C)c1CC(=O)N1CCCC1c1cnccn1. The van der Waals surface area contributed by atoms with Crippen molar-refractivity contribution in [1.29, 1.82) is 0 Å². The zero-order valence-electron chi connectivity index (χ0n) is 12.2. The van der Waals surface area contributed by atoms with Gasteiger partial charge in [0, 0.05) is 24.5 Å². The smallest absolute Gasteiger partial charge is 0.227 e. The molecule has 0 aliphatic carbocycles. The van der Waals surface area contributed by atoms with Crippen LogP contribution < -0.4 is 0 Å². The number of aryl methyl sites for hydroxylation is 2. The van der Waals surface area contributed by atoms with Gasteiger partial charge in [0.1, 0.15) is 5.76 Å². The number of carbonyl (C=O) groups is 1. The van der Waals surface area contributed by atoms with Crippen molar-refractivity contribution in [3.8, 4) is 0 Å². The fraction of sp³-hybridized carbons (Fsp3) is 0.467. The second-order valence-corrected chi connectivity index (χ2v) is 5.35. The first-order chi connectivity index (χ1) is 10.2. The summed E-state index contributed by atoms with van der Waals surface area (Å²) in [4.78, 5) is 22.9. The molecule has 2 aromatic rings. The Balaban J connectivity index is 1.78. The summed E-state index contributed by atoms with van der Waals surface area (Å²) < 4.78 is 5.13. The van der Waals surface area contributed by atoms with Gasteiger partial charge in [0.2, 0.25) is 5.91 Å². The Bertz CT molecular complexity index is 619. The molecule has 0 radical (unpaired) electrons. The van der Waals surface area contributed by atoms with Crippen molar-refractivity contribution >= 4 is 5.91 Å². The van der Waals surface area contributed by atoms with Crippen LogP contribution in [0, 0.1) is 13.8 Å². The van der Waals surface area contributed by atoms with Crippen LogP contribution in [0.1, 0.15) is 41.6 Å². The maximum Gasteiger partial charge on any atom is 0.227 e. The van der Waals surface area contributed by atoms with Gasteiger partial charge >= 0.3 is 0 Å². The summed E-state index contributed by atoms with van der Waals surface area (Å²) in [5, 5.41) is 3.90. The highest BCUT2D eigenvalue weighted by molar-refractivity contribution is 5.80. The summed E-state index contributed by atoms with van der Waals surface area (Å²) in [5.41, 5.74) is 2.54. The molecule has 21 heavy (non-hydrogen) atoms. The van der Waals surface area contributed by atoms with Gasteiger partial charge in [-0.1, -0.05) is 5.16 Å². The summed E-state index contributed by atoms with van der Waals surface area (Å²) >= 11 is 0. The van der Waals surface area contributed by atoms with Crippen LogP contribution in [-0.2, 0) is 11.2 Å². The summed E-state index contributed by atoms with van der Waals surface area (Å²) in [6.07, 6.45) is 7.32. The van der Waals surface area contributed by atoms with Gasteiger partial charge in [0.05, 0.1) is 30.0 Å². The zero-order chi connectivity index (χ0) is 14.8. The number of hydrogen-bond donors (Lipinski definition) is 0. The normalized spacial score (nSPS) is 18.2. The molecule has 0 bridgehead atoms. The third-order valence-corrected chi connectivity index (χ3v) is 4.01. The predicted molar refractivity (Wildman–Crippen MR) is 75.4 cm³/mol. The Hall–Kier alpha value is -2.24. The molecule has 1 aliphatic heterocycles. The highest BCUT2D eigenvalue weighted by atomic mass is 16.5. The van der Waals surface area contributed by atoms with E-state index in [1.165, 1.54) is 0 Å². The van der Waals surface area contributed by atoms with E-state index in [4.69, 9.17) is 4.52 Å². The number of aromatic nitrogens is 3. The summed E-state index contributed by atoms with van der Waals surface area (Å²) in [5.74, 6) is 0.814. The predicted octanol–water partition coefficient (Wildman–Crippen LogP) is 1.99. The van der Waals surface area contributed by atoms with Crippen molar-refractivity contribution in [3.05, 3.63) is 41.3 Å². The second kappa shape index (κ2) is 5.63. The van der Waals surface area contributed by atoms with Crippen LogP contribution in [0.15, 0.2) is 23.1 Å². The minimum atomic E-state index is 0.0340. The number of amides is 1. The van der Waals surface area contributed by atoms with Crippen LogP contribution in [0.25, 0.3) is 0 Å². The standard InChI is InChI=1S/C15H18N4O2/c1-10-12(11(2)21-18-10)8-15(20)19-7-3-4-14(19)13-9-16-5-6-17-13/h5-6,9,14H,3-4,7-8H2,1-2H3. The van der Waals surface area contributed by atoms with Crippen molar-refractivity contribution in [1.82, 2.24) is 20.0 Å². The van der Waals surface area contributed by atoms with Gasteiger partial charge in [0.15, 0.2) is 0 Å². The molecule has 3 rings (SSSR count). The molecule has 110 valence electrons. The first-order valence-electron chi connectivity index (χ1n) is 7.14. The zero-order valence-corrected chi connectivity index (χ0v) is 12.2. The van der Waals surface area contributed by atoms with Crippen LogP contribution in [-0.4, -0.2) is 32.5 Å². The second-order valence-electron chi connectivity index (χ2n) is 5.35. The van der Waals surface area contributed by atoms with Crippen molar-refractivity contribution in [2.24, 2.45) is 0 Å². The highest BCUT2D eigenvalue weighted by Crippen LogP contribution is 2.31. The van der Waals surface area contributed by atoms with Crippen LogP contribution in [0.3, 0.4) is 0 Å². The lowest BCUT2D eigenvalue weighted by Gasteiger charge is -2.24. The first kappa shape index (κ1) is 13.7. The number of nitrogens with zero attached hydrogens (tertiary/aromatic N) is 4. The molecule has 1 unspecified atom stereocenters. The van der Waals surface area contributed by atoms with E-state index in [0.29, 0.717) is 6.42 Å². The Labute approximate surface area is 123 Å². The van der Waals surface area contributed by atoms with E-state index in [9.17, 15) is 4.79 Å². The van der Waals surface area contributed by atoms with Crippen molar-refractivity contribution in [2.75, 3.05) is 6.54 Å². The monoisotopic (exact) mass is 286 g/mol. The molecule has 0 N–H and O–H groups in total. The van der Waals surface area contributed by atoms with E-state index in [0.717, 1.165) is 42.1 Å². The van der Waals surface area contributed by atoms with E-state index in [1.807, 2.05) is 18.7 Å². The molecule has 1 atom stereocenters. The van der Waals surface area contributed by atoms with Gasteiger partial charge in [-0.3, -0.25) is 14.8 Å². The molecule has 0 saturated carbocycles. The summed E-state index contributed by atoms with van der Waals surface area (Å²) in [7, 11) is 0. The Morgan fingerprint density at radius 3 is 2.95 bits per heavy atom. The van der Waals surface area contributed by atoms with Gasteiger partial charge in [-0.15, -0.1) is 0 Å². The van der Waals surface area contributed by atoms with E-state index in [2.05, 4.69) is 15.1 Å². The van der Waals surface area contributed by atoms with Crippen LogP contribution in [0.2, 0.25) is 0 Å². The lowest BCUT2D eigenvalue weighted by Crippen LogP contribution is -2.32. The fourth-order valence-corrected chi connectivity index (χ4v) is 2.86. The maximum atomic E-state index is 12.6. The lowest BCUT2D eigenvalue weighted by atomic mass is 10.1. The maximum absolute atomic E-state index is 12.6. The Morgan fingerprint density at radius 1 is 1.43 bits per heavy atom. The van der Waals surface area contributed by atoms with Gasteiger partial charge in [0.25, 0.3) is 0 Å². The van der Waals surface area contributed by atoms with E-state index in [1.54, 1.807) is 18.6 Å². The number of likely N-dealkylation sites (tertiary alicyclic amines) is 1. The average Bonchev–Trinajstić information content (AvgIpc) is 3.10. The molecule has 3 heterocycles. The highest BCUT2D eigenvalue weighted by Gasteiger charge is 2.31. The first-order valence-corrected chi connectivity index (χ1v) is 7.14. The molecule has 0 spiro atoms. The van der Waals surface area contributed by atoms with E-state index in [-0.39, 0.29) is 11.9 Å². The van der Waals surface area contributed by atoms with Crippen molar-refractivity contribution in [2.45, 2.75) is 39.2 Å². The quantitative estimate of drug-likeness (QED) is 0.862. The van der Waals surface area contributed by atoms with Gasteiger partial charge < -0.3 is 9.42 Å². The Morgan fingerprint density at radius 2 is 2.29 bits per heavy atom. The summed E-state index contributed by atoms with van der Waals surface area (Å²) in [6, 6.07) is 0.0340. The molecule has 1 fully saturated rings. The molecule has 2 aromatic heterocycles. The topological polar surface area (TPSA) is 72.1 Å². The number of rotatable bonds is 3. The lowest BCUT2D eigenvalue weighted by molar-refractivity contribution is -0.131. The summed E-state index contributed by atoms with van der Waals surface area (Å²) in [6.45, 7) is 4.47. The average molecular weight is 286 g/mol. The molecule has 1 amide bonds. The van der Waals surface area contributed by atoms with Crippen molar-refractivity contribution in [3.63, 3.8) is 0 Å². The third-order valence-electron chi connectivity index (χ3n) is 4.01.